The highest BCUT2D eigenvalue weighted by molar-refractivity contribution is 7.89. The largest absolute Gasteiger partial charge is 0.490 e. The summed E-state index contributed by atoms with van der Waals surface area (Å²) in [7, 11) is -3.69. The quantitative estimate of drug-likeness (QED) is 0.610. The maximum Gasteiger partial charge on any atom is 0.247 e. The lowest BCUT2D eigenvalue weighted by molar-refractivity contribution is 0.332. The third-order valence-corrected chi connectivity index (χ3v) is 6.65. The van der Waals surface area contributed by atoms with Crippen molar-refractivity contribution >= 4 is 15.7 Å². The van der Waals surface area contributed by atoms with E-state index in [1.807, 2.05) is 60.7 Å². The fourth-order valence-corrected chi connectivity index (χ4v) is 5.09. The number of para-hydroxylation sites is 1. The van der Waals surface area contributed by atoms with Gasteiger partial charge >= 0.3 is 0 Å². The first-order valence-corrected chi connectivity index (χ1v) is 10.8. The maximum atomic E-state index is 13.5. The first-order chi connectivity index (χ1) is 14.1. The average molecular weight is 407 g/mol. The Morgan fingerprint density at radius 3 is 2.55 bits per heavy atom. The van der Waals surface area contributed by atoms with Crippen LogP contribution in [-0.2, 0) is 16.6 Å². The molecule has 0 aliphatic carbocycles. The van der Waals surface area contributed by atoms with Crippen molar-refractivity contribution in [2.24, 2.45) is 0 Å². The monoisotopic (exact) mass is 406 g/mol. The Morgan fingerprint density at radius 1 is 1.00 bits per heavy atom. The zero-order chi connectivity index (χ0) is 20.3. The number of sulfonamides is 1. The van der Waals surface area contributed by atoms with E-state index in [-0.39, 0.29) is 11.4 Å². The van der Waals surface area contributed by atoms with Crippen LogP contribution in [0.2, 0.25) is 0 Å². The van der Waals surface area contributed by atoms with Crippen molar-refractivity contribution in [3.63, 3.8) is 0 Å². The molecule has 0 saturated carbocycles. The number of ether oxygens (including phenoxy) is 1. The van der Waals surface area contributed by atoms with Gasteiger partial charge in [0.15, 0.2) is 0 Å². The first kappa shape index (κ1) is 19.2. The van der Waals surface area contributed by atoms with Gasteiger partial charge in [0, 0.05) is 6.54 Å². The molecule has 6 heteroatoms. The van der Waals surface area contributed by atoms with E-state index in [0.717, 1.165) is 11.1 Å². The molecule has 1 N–H and O–H groups in total. The molecule has 0 unspecified atom stereocenters. The number of rotatable bonds is 6. The minimum atomic E-state index is -3.69. The summed E-state index contributed by atoms with van der Waals surface area (Å²) < 4.78 is 34.1. The molecule has 1 atom stereocenters. The Balaban J connectivity index is 1.78. The number of hydrogen-bond donors (Lipinski definition) is 1. The Labute approximate surface area is 171 Å². The molecule has 0 fully saturated rings. The van der Waals surface area contributed by atoms with Gasteiger partial charge in [-0.2, -0.15) is 4.31 Å². The Hall–Kier alpha value is -3.09. The van der Waals surface area contributed by atoms with Crippen LogP contribution in [0.5, 0.6) is 5.75 Å². The summed E-state index contributed by atoms with van der Waals surface area (Å²) in [6.07, 6.45) is 1.12. The summed E-state index contributed by atoms with van der Waals surface area (Å²) in [6.45, 7) is 4.31. The third-order valence-electron chi connectivity index (χ3n) is 4.78. The van der Waals surface area contributed by atoms with Crippen molar-refractivity contribution in [2.75, 3.05) is 11.9 Å². The van der Waals surface area contributed by atoms with E-state index in [2.05, 4.69) is 11.9 Å². The summed E-state index contributed by atoms with van der Waals surface area (Å²) in [5, 5.41) is 3.39. The molecule has 0 bridgehead atoms. The smallest absolute Gasteiger partial charge is 0.247 e. The summed E-state index contributed by atoms with van der Waals surface area (Å²) in [6, 6.07) is 24.1. The van der Waals surface area contributed by atoms with Crippen LogP contribution in [-0.4, -0.2) is 19.3 Å². The number of nitrogens with one attached hydrogen (secondary N) is 1. The molecule has 148 valence electrons. The number of hydrogen-bond acceptors (Lipinski definition) is 4. The summed E-state index contributed by atoms with van der Waals surface area (Å²) in [4.78, 5) is 0.284. The summed E-state index contributed by atoms with van der Waals surface area (Å²) in [5.74, 6) is 0.667. The van der Waals surface area contributed by atoms with Gasteiger partial charge in [0.05, 0.1) is 5.69 Å². The van der Waals surface area contributed by atoms with E-state index >= 15 is 0 Å². The fourth-order valence-electron chi connectivity index (χ4n) is 3.41. The lowest BCUT2D eigenvalue weighted by Gasteiger charge is -2.37. The van der Waals surface area contributed by atoms with Crippen molar-refractivity contribution < 1.29 is 13.2 Å². The van der Waals surface area contributed by atoms with E-state index in [9.17, 15) is 8.42 Å². The lowest BCUT2D eigenvalue weighted by atomic mass is 10.1. The molecule has 1 heterocycles. The topological polar surface area (TPSA) is 58.6 Å². The molecule has 1 aliphatic heterocycles. The molecular weight excluding hydrogens is 384 g/mol. The number of nitrogens with zero attached hydrogens (tertiary/aromatic N) is 1. The van der Waals surface area contributed by atoms with Gasteiger partial charge in [-0.25, -0.2) is 8.42 Å². The van der Waals surface area contributed by atoms with Crippen molar-refractivity contribution in [2.45, 2.75) is 17.6 Å². The molecule has 0 radical (unpaired) electrons. The first-order valence-electron chi connectivity index (χ1n) is 9.34. The predicted molar refractivity (Wildman–Crippen MR) is 114 cm³/mol. The van der Waals surface area contributed by atoms with Gasteiger partial charge in [-0.15, -0.1) is 0 Å². The van der Waals surface area contributed by atoms with E-state index < -0.39 is 16.2 Å². The van der Waals surface area contributed by atoms with Crippen molar-refractivity contribution in [3.8, 4) is 5.75 Å². The number of benzene rings is 3. The molecule has 5 nitrogen and oxygen atoms in total. The molecular formula is C23H22N2O3S. The minimum Gasteiger partial charge on any atom is -0.490 e. The second-order valence-electron chi connectivity index (χ2n) is 6.75. The highest BCUT2D eigenvalue weighted by atomic mass is 32.2. The highest BCUT2D eigenvalue weighted by Crippen LogP contribution is 2.39. The molecule has 3 aromatic carbocycles. The Morgan fingerprint density at radius 2 is 1.76 bits per heavy atom. The highest BCUT2D eigenvalue weighted by Gasteiger charge is 2.38. The number of fused-ring (bicyclic) bond motifs is 1. The predicted octanol–water partition coefficient (Wildman–Crippen LogP) is 4.57. The van der Waals surface area contributed by atoms with Crippen molar-refractivity contribution in [1.82, 2.24) is 4.31 Å². The molecule has 1 aliphatic rings. The SMILES string of the molecule is C=CCOc1cccc([C@@H]2Nc3ccccc3S(=O)(=O)N2Cc2ccccc2)c1. The van der Waals surface area contributed by atoms with Gasteiger partial charge in [-0.05, 0) is 35.4 Å². The molecule has 4 rings (SSSR count). The van der Waals surface area contributed by atoms with Crippen LogP contribution in [0.25, 0.3) is 0 Å². The zero-order valence-electron chi connectivity index (χ0n) is 15.9. The van der Waals surface area contributed by atoms with Gasteiger partial charge in [0.1, 0.15) is 23.4 Å². The van der Waals surface area contributed by atoms with Crippen LogP contribution in [0.4, 0.5) is 5.69 Å². The normalized spacial score (nSPS) is 17.7. The second-order valence-corrected chi connectivity index (χ2v) is 8.61. The Bertz CT molecular complexity index is 1110. The second kappa shape index (κ2) is 8.11. The number of anilines is 1. The summed E-state index contributed by atoms with van der Waals surface area (Å²) >= 11 is 0. The van der Waals surface area contributed by atoms with Gasteiger partial charge in [0.2, 0.25) is 10.0 Å². The van der Waals surface area contributed by atoms with Gasteiger partial charge in [-0.1, -0.05) is 67.3 Å². The Kier molecular flexibility index (Phi) is 5.38. The van der Waals surface area contributed by atoms with Crippen molar-refractivity contribution in [3.05, 3.63) is 103 Å². The van der Waals surface area contributed by atoms with E-state index in [4.69, 9.17) is 4.74 Å². The molecule has 3 aromatic rings. The molecule has 29 heavy (non-hydrogen) atoms. The maximum absolute atomic E-state index is 13.5. The van der Waals surface area contributed by atoms with Crippen LogP contribution >= 0.6 is 0 Å². The molecule has 0 spiro atoms. The van der Waals surface area contributed by atoms with E-state index in [1.54, 1.807) is 24.3 Å². The van der Waals surface area contributed by atoms with E-state index in [0.29, 0.717) is 18.0 Å². The van der Waals surface area contributed by atoms with Gasteiger partial charge in [0.25, 0.3) is 0 Å². The van der Waals surface area contributed by atoms with Crippen LogP contribution in [0.15, 0.2) is 96.4 Å². The lowest BCUT2D eigenvalue weighted by Crippen LogP contribution is -2.42. The van der Waals surface area contributed by atoms with Gasteiger partial charge < -0.3 is 10.1 Å². The molecule has 0 aromatic heterocycles. The average Bonchev–Trinajstić information content (AvgIpc) is 2.75. The van der Waals surface area contributed by atoms with E-state index in [1.165, 1.54) is 4.31 Å². The van der Waals surface area contributed by atoms with Crippen LogP contribution < -0.4 is 10.1 Å². The fraction of sp³-hybridized carbons (Fsp3) is 0.130. The standard InChI is InChI=1S/C23H22N2O3S/c1-2-15-28-20-12-8-11-19(16-20)23-24-21-13-6-7-14-22(21)29(26,27)25(23)17-18-9-4-3-5-10-18/h2-14,16,23-24H,1,15,17H2/t23-/m1/s1. The third kappa shape index (κ3) is 3.90. The van der Waals surface area contributed by atoms with Gasteiger partial charge in [-0.3, -0.25) is 0 Å². The molecule has 0 saturated heterocycles. The minimum absolute atomic E-state index is 0.257. The van der Waals surface area contributed by atoms with Crippen LogP contribution in [0.1, 0.15) is 17.3 Å². The van der Waals surface area contributed by atoms with Crippen LogP contribution in [0.3, 0.4) is 0 Å². The zero-order valence-corrected chi connectivity index (χ0v) is 16.7. The van der Waals surface area contributed by atoms with Crippen molar-refractivity contribution in [1.29, 1.82) is 0 Å². The van der Waals surface area contributed by atoms with Crippen LogP contribution in [0, 0.1) is 0 Å². The summed E-state index contributed by atoms with van der Waals surface area (Å²) in [5.41, 5.74) is 2.32. The molecule has 0 amide bonds.